The molecule has 0 aromatic carbocycles. The molecule has 1 rings (SSSR count). The van der Waals surface area contributed by atoms with Crippen LogP contribution in [0.2, 0.25) is 0 Å². The standard InChI is InChI=1S/C8H17NO3/c1-5-7(11)3-9(2)6(4-10)8(5)12/h5-8,10-12H,3-4H2,1-2H3/t5-,6-,7+,8+/m1/s1. The summed E-state index contributed by atoms with van der Waals surface area (Å²) >= 11 is 0. The van der Waals surface area contributed by atoms with Crippen molar-refractivity contribution >= 4 is 0 Å². The molecule has 0 aromatic heterocycles. The van der Waals surface area contributed by atoms with Gasteiger partial charge >= 0.3 is 0 Å². The zero-order chi connectivity index (χ0) is 9.30. The van der Waals surface area contributed by atoms with Crippen molar-refractivity contribution < 1.29 is 15.3 Å². The number of likely N-dealkylation sites (N-methyl/N-ethyl adjacent to an activating group) is 1. The molecule has 0 saturated carbocycles. The lowest BCUT2D eigenvalue weighted by Gasteiger charge is -2.42. The van der Waals surface area contributed by atoms with Gasteiger partial charge in [-0.05, 0) is 7.05 Å². The molecule has 0 spiro atoms. The number of likely N-dealkylation sites (tertiary alicyclic amines) is 1. The molecule has 1 fully saturated rings. The highest BCUT2D eigenvalue weighted by Crippen LogP contribution is 2.21. The van der Waals surface area contributed by atoms with Crippen LogP contribution in [0.15, 0.2) is 0 Å². The van der Waals surface area contributed by atoms with E-state index in [0.29, 0.717) is 6.54 Å². The molecule has 0 amide bonds. The molecule has 0 aliphatic carbocycles. The van der Waals surface area contributed by atoms with E-state index in [-0.39, 0.29) is 18.6 Å². The molecule has 1 saturated heterocycles. The first-order chi connectivity index (χ1) is 5.57. The lowest BCUT2D eigenvalue weighted by Crippen LogP contribution is -2.57. The Hall–Kier alpha value is -0.160. The quantitative estimate of drug-likeness (QED) is 0.461. The van der Waals surface area contributed by atoms with E-state index < -0.39 is 12.2 Å². The summed E-state index contributed by atoms with van der Waals surface area (Å²) in [7, 11) is 1.79. The van der Waals surface area contributed by atoms with Crippen LogP contribution >= 0.6 is 0 Å². The Labute approximate surface area is 72.4 Å². The van der Waals surface area contributed by atoms with Gasteiger partial charge in [-0.25, -0.2) is 0 Å². The van der Waals surface area contributed by atoms with Crippen molar-refractivity contribution in [3.63, 3.8) is 0 Å². The van der Waals surface area contributed by atoms with Gasteiger partial charge in [0.05, 0.1) is 24.9 Å². The first-order valence-electron chi connectivity index (χ1n) is 4.25. The summed E-state index contributed by atoms with van der Waals surface area (Å²) in [6, 6.07) is -0.233. The summed E-state index contributed by atoms with van der Waals surface area (Å²) in [5.41, 5.74) is 0. The SMILES string of the molecule is C[C@H]1[C@H](O)[C@@H](CO)N(C)C[C@@H]1O. The molecule has 1 aliphatic heterocycles. The van der Waals surface area contributed by atoms with Crippen LogP contribution in [0.25, 0.3) is 0 Å². The van der Waals surface area contributed by atoms with Crippen LogP contribution < -0.4 is 0 Å². The summed E-state index contributed by atoms with van der Waals surface area (Å²) in [6.45, 7) is 2.25. The van der Waals surface area contributed by atoms with Crippen molar-refractivity contribution in [2.24, 2.45) is 5.92 Å². The minimum atomic E-state index is -0.635. The molecule has 0 unspecified atom stereocenters. The zero-order valence-corrected chi connectivity index (χ0v) is 7.51. The number of hydrogen-bond acceptors (Lipinski definition) is 4. The maximum absolute atomic E-state index is 9.62. The predicted octanol–water partition coefficient (Wildman–Crippen LogP) is -1.35. The minimum absolute atomic E-state index is 0.0608. The van der Waals surface area contributed by atoms with E-state index in [1.165, 1.54) is 0 Å². The van der Waals surface area contributed by atoms with Crippen LogP contribution in [0.1, 0.15) is 6.92 Å². The number of hydrogen-bond donors (Lipinski definition) is 3. The van der Waals surface area contributed by atoms with Gasteiger partial charge < -0.3 is 15.3 Å². The second kappa shape index (κ2) is 3.70. The highest BCUT2D eigenvalue weighted by Gasteiger charge is 2.37. The molecule has 1 heterocycles. The first kappa shape index (κ1) is 9.92. The van der Waals surface area contributed by atoms with Gasteiger partial charge in [-0.3, -0.25) is 4.90 Å². The van der Waals surface area contributed by atoms with Crippen molar-refractivity contribution in [1.82, 2.24) is 4.90 Å². The minimum Gasteiger partial charge on any atom is -0.395 e. The van der Waals surface area contributed by atoms with Crippen molar-refractivity contribution in [3.05, 3.63) is 0 Å². The van der Waals surface area contributed by atoms with Crippen molar-refractivity contribution in [2.45, 2.75) is 25.2 Å². The van der Waals surface area contributed by atoms with Crippen LogP contribution in [-0.4, -0.2) is 58.7 Å². The van der Waals surface area contributed by atoms with Crippen LogP contribution in [0, 0.1) is 5.92 Å². The third-order valence-corrected chi connectivity index (χ3v) is 2.77. The second-order valence-electron chi connectivity index (χ2n) is 3.61. The highest BCUT2D eigenvalue weighted by atomic mass is 16.3. The third-order valence-electron chi connectivity index (χ3n) is 2.77. The summed E-state index contributed by atoms with van der Waals surface area (Å²) in [5.74, 6) is -0.154. The van der Waals surface area contributed by atoms with Gasteiger partial charge in [-0.1, -0.05) is 6.92 Å². The molecule has 3 N–H and O–H groups in total. The average Bonchev–Trinajstić information content (AvgIpc) is 2.01. The molecule has 72 valence electrons. The molecule has 0 aromatic rings. The van der Waals surface area contributed by atoms with Crippen LogP contribution in [-0.2, 0) is 0 Å². The number of piperidine rings is 1. The fourth-order valence-electron chi connectivity index (χ4n) is 1.68. The van der Waals surface area contributed by atoms with Gasteiger partial charge in [-0.2, -0.15) is 0 Å². The van der Waals surface area contributed by atoms with E-state index in [4.69, 9.17) is 5.11 Å². The normalized spacial score (nSPS) is 44.8. The largest absolute Gasteiger partial charge is 0.395 e. The lowest BCUT2D eigenvalue weighted by molar-refractivity contribution is -0.0932. The van der Waals surface area contributed by atoms with E-state index in [0.717, 1.165) is 0 Å². The van der Waals surface area contributed by atoms with Crippen LogP contribution in [0.4, 0.5) is 0 Å². The van der Waals surface area contributed by atoms with Crippen molar-refractivity contribution in [3.8, 4) is 0 Å². The molecular weight excluding hydrogens is 158 g/mol. The van der Waals surface area contributed by atoms with E-state index >= 15 is 0 Å². The summed E-state index contributed by atoms with van der Waals surface area (Å²) in [6.07, 6.45) is -1.13. The molecule has 4 atom stereocenters. The van der Waals surface area contributed by atoms with Gasteiger partial charge in [0.1, 0.15) is 0 Å². The fraction of sp³-hybridized carbons (Fsp3) is 1.00. The predicted molar refractivity (Wildman–Crippen MR) is 44.7 cm³/mol. The Kier molecular flexibility index (Phi) is 3.06. The highest BCUT2D eigenvalue weighted by molar-refractivity contribution is 4.90. The monoisotopic (exact) mass is 175 g/mol. The topological polar surface area (TPSA) is 63.9 Å². The fourth-order valence-corrected chi connectivity index (χ4v) is 1.68. The smallest absolute Gasteiger partial charge is 0.0768 e. The molecule has 1 aliphatic rings. The van der Waals surface area contributed by atoms with E-state index in [2.05, 4.69) is 0 Å². The van der Waals surface area contributed by atoms with Gasteiger partial charge in [0.15, 0.2) is 0 Å². The maximum atomic E-state index is 9.62. The number of aliphatic hydroxyl groups is 3. The number of rotatable bonds is 1. The first-order valence-corrected chi connectivity index (χ1v) is 4.25. The van der Waals surface area contributed by atoms with Crippen molar-refractivity contribution in [1.29, 1.82) is 0 Å². The molecular formula is C8H17NO3. The zero-order valence-electron chi connectivity index (χ0n) is 7.51. The Morgan fingerprint density at radius 1 is 1.42 bits per heavy atom. The molecule has 0 bridgehead atoms. The lowest BCUT2D eigenvalue weighted by atomic mass is 9.88. The van der Waals surface area contributed by atoms with Crippen LogP contribution in [0.5, 0.6) is 0 Å². The van der Waals surface area contributed by atoms with Gasteiger partial charge in [-0.15, -0.1) is 0 Å². The third kappa shape index (κ3) is 1.61. The van der Waals surface area contributed by atoms with Crippen LogP contribution in [0.3, 0.4) is 0 Å². The summed E-state index contributed by atoms with van der Waals surface area (Å²) in [5, 5.41) is 28.0. The number of aliphatic hydroxyl groups excluding tert-OH is 3. The average molecular weight is 175 g/mol. The maximum Gasteiger partial charge on any atom is 0.0768 e. The van der Waals surface area contributed by atoms with Gasteiger partial charge in [0.25, 0.3) is 0 Å². The molecule has 4 heteroatoms. The van der Waals surface area contributed by atoms with E-state index in [9.17, 15) is 10.2 Å². The molecule has 4 nitrogen and oxygen atoms in total. The Morgan fingerprint density at radius 2 is 2.00 bits per heavy atom. The molecule has 0 radical (unpaired) electrons. The second-order valence-corrected chi connectivity index (χ2v) is 3.61. The summed E-state index contributed by atoms with van der Waals surface area (Å²) in [4.78, 5) is 1.79. The molecule has 12 heavy (non-hydrogen) atoms. The van der Waals surface area contributed by atoms with Gasteiger partial charge in [0.2, 0.25) is 0 Å². The number of β-amino-alcohol motifs (C(OH)–C–C–N with tert-alkyl or cyclic N) is 1. The Balaban J connectivity index is 2.65. The van der Waals surface area contributed by atoms with E-state index in [1.807, 2.05) is 0 Å². The van der Waals surface area contributed by atoms with Gasteiger partial charge in [0, 0.05) is 12.5 Å². The number of nitrogens with zero attached hydrogens (tertiary/aromatic N) is 1. The Morgan fingerprint density at radius 3 is 2.50 bits per heavy atom. The van der Waals surface area contributed by atoms with Crippen molar-refractivity contribution in [2.75, 3.05) is 20.2 Å². The Bertz CT molecular complexity index is 153. The van der Waals surface area contributed by atoms with E-state index in [1.54, 1.807) is 18.9 Å². The summed E-state index contributed by atoms with van der Waals surface area (Å²) < 4.78 is 0.